The van der Waals surface area contributed by atoms with E-state index in [1.165, 1.54) is 11.3 Å². The minimum Gasteiger partial charge on any atom is -0.461 e. The average molecular weight is 269 g/mol. The van der Waals surface area contributed by atoms with E-state index >= 15 is 0 Å². The molecule has 1 saturated carbocycles. The Balaban J connectivity index is 1.86. The standard InChI is InChI=1S/C11H15N3O3S/c1-2-17-11(16)9-10(18-6-13-9)12-5-8(15)14-7-3-4-7/h6-7,12H,2-5H2,1H3,(H,14,15). The summed E-state index contributed by atoms with van der Waals surface area (Å²) >= 11 is 1.28. The fourth-order valence-corrected chi connectivity index (χ4v) is 2.05. The maximum Gasteiger partial charge on any atom is 0.360 e. The van der Waals surface area contributed by atoms with Crippen molar-refractivity contribution in [2.24, 2.45) is 0 Å². The van der Waals surface area contributed by atoms with Crippen molar-refractivity contribution < 1.29 is 14.3 Å². The molecule has 0 unspecified atom stereocenters. The minimum absolute atomic E-state index is 0.0688. The lowest BCUT2D eigenvalue weighted by Crippen LogP contribution is -2.31. The zero-order chi connectivity index (χ0) is 13.0. The van der Waals surface area contributed by atoms with Crippen LogP contribution >= 0.6 is 11.3 Å². The van der Waals surface area contributed by atoms with E-state index in [1.807, 2.05) is 0 Å². The summed E-state index contributed by atoms with van der Waals surface area (Å²) in [6.45, 7) is 2.18. The Hall–Kier alpha value is -1.63. The number of nitrogens with zero attached hydrogens (tertiary/aromatic N) is 1. The SMILES string of the molecule is CCOC(=O)c1ncsc1NCC(=O)NC1CC1. The summed E-state index contributed by atoms with van der Waals surface area (Å²) in [6, 6.07) is 0.338. The molecule has 1 aromatic heterocycles. The Labute approximate surface area is 109 Å². The minimum atomic E-state index is -0.469. The van der Waals surface area contributed by atoms with Gasteiger partial charge in [-0.25, -0.2) is 9.78 Å². The third-order valence-electron chi connectivity index (χ3n) is 2.39. The van der Waals surface area contributed by atoms with Gasteiger partial charge in [0.2, 0.25) is 5.91 Å². The third kappa shape index (κ3) is 3.43. The highest BCUT2D eigenvalue weighted by Gasteiger charge is 2.23. The normalized spacial score (nSPS) is 14.1. The van der Waals surface area contributed by atoms with Crippen molar-refractivity contribution in [3.05, 3.63) is 11.2 Å². The molecule has 0 atom stereocenters. The number of amides is 1. The van der Waals surface area contributed by atoms with E-state index in [9.17, 15) is 9.59 Å². The molecule has 0 aliphatic heterocycles. The number of rotatable bonds is 6. The van der Waals surface area contributed by atoms with Crippen LogP contribution in [0.4, 0.5) is 5.00 Å². The quantitative estimate of drug-likeness (QED) is 0.753. The summed E-state index contributed by atoms with van der Waals surface area (Å²) in [5.74, 6) is -0.537. The van der Waals surface area contributed by atoms with Crippen molar-refractivity contribution >= 4 is 28.2 Å². The zero-order valence-corrected chi connectivity index (χ0v) is 10.9. The van der Waals surface area contributed by atoms with Crippen LogP contribution in [-0.4, -0.2) is 36.1 Å². The number of ether oxygens (including phenoxy) is 1. The summed E-state index contributed by atoms with van der Waals surface area (Å²) in [6.07, 6.45) is 2.11. The monoisotopic (exact) mass is 269 g/mol. The van der Waals surface area contributed by atoms with Crippen molar-refractivity contribution in [3.8, 4) is 0 Å². The molecule has 0 spiro atoms. The van der Waals surface area contributed by atoms with Crippen LogP contribution in [0.25, 0.3) is 0 Å². The lowest BCUT2D eigenvalue weighted by atomic mass is 10.4. The number of hydrogen-bond donors (Lipinski definition) is 2. The summed E-state index contributed by atoms with van der Waals surface area (Å²) in [4.78, 5) is 27.0. The van der Waals surface area contributed by atoms with Gasteiger partial charge in [-0.2, -0.15) is 0 Å². The Bertz CT molecular complexity index is 442. The molecular weight excluding hydrogens is 254 g/mol. The molecule has 7 heteroatoms. The second-order valence-corrected chi connectivity index (χ2v) is 4.80. The van der Waals surface area contributed by atoms with Crippen molar-refractivity contribution in [2.45, 2.75) is 25.8 Å². The maximum absolute atomic E-state index is 11.5. The second-order valence-electron chi connectivity index (χ2n) is 3.95. The number of carbonyl (C=O) groups excluding carboxylic acids is 2. The molecule has 2 rings (SSSR count). The van der Waals surface area contributed by atoms with Crippen LogP contribution in [-0.2, 0) is 9.53 Å². The van der Waals surface area contributed by atoms with Gasteiger partial charge in [0.05, 0.1) is 18.7 Å². The first kappa shape index (κ1) is 12.8. The van der Waals surface area contributed by atoms with Crippen molar-refractivity contribution in [1.82, 2.24) is 10.3 Å². The molecule has 0 radical (unpaired) electrons. The lowest BCUT2D eigenvalue weighted by Gasteiger charge is -2.06. The van der Waals surface area contributed by atoms with Gasteiger partial charge < -0.3 is 15.4 Å². The summed E-state index contributed by atoms with van der Waals surface area (Å²) in [5, 5.41) is 6.33. The average Bonchev–Trinajstić information content (AvgIpc) is 3.02. The van der Waals surface area contributed by atoms with Crippen LogP contribution in [0.3, 0.4) is 0 Å². The maximum atomic E-state index is 11.5. The summed E-state index contributed by atoms with van der Waals surface area (Å²) in [5.41, 5.74) is 1.79. The molecule has 1 aliphatic carbocycles. The van der Waals surface area contributed by atoms with Gasteiger partial charge in [0, 0.05) is 6.04 Å². The molecule has 1 fully saturated rings. The number of carbonyl (C=O) groups is 2. The Morgan fingerprint density at radius 2 is 2.33 bits per heavy atom. The molecule has 1 aromatic rings. The van der Waals surface area contributed by atoms with E-state index in [-0.39, 0.29) is 18.1 Å². The molecular formula is C11H15N3O3S. The smallest absolute Gasteiger partial charge is 0.360 e. The summed E-state index contributed by atoms with van der Waals surface area (Å²) < 4.78 is 4.87. The third-order valence-corrected chi connectivity index (χ3v) is 3.17. The van der Waals surface area contributed by atoms with Crippen LogP contribution in [0.1, 0.15) is 30.3 Å². The molecule has 0 saturated heterocycles. The first-order chi connectivity index (χ1) is 8.70. The van der Waals surface area contributed by atoms with Crippen molar-refractivity contribution in [3.63, 3.8) is 0 Å². The Morgan fingerprint density at radius 3 is 3.00 bits per heavy atom. The van der Waals surface area contributed by atoms with Crippen molar-refractivity contribution in [2.75, 3.05) is 18.5 Å². The van der Waals surface area contributed by atoms with Crippen LogP contribution in [0.2, 0.25) is 0 Å². The van der Waals surface area contributed by atoms with E-state index in [1.54, 1.807) is 12.4 Å². The molecule has 98 valence electrons. The fourth-order valence-electron chi connectivity index (χ4n) is 1.38. The van der Waals surface area contributed by atoms with E-state index in [0.717, 1.165) is 12.8 Å². The molecule has 6 nitrogen and oxygen atoms in total. The zero-order valence-electron chi connectivity index (χ0n) is 10.1. The largest absolute Gasteiger partial charge is 0.461 e. The Kier molecular flexibility index (Phi) is 4.14. The van der Waals surface area contributed by atoms with Gasteiger partial charge in [0.15, 0.2) is 5.69 Å². The molecule has 1 amide bonds. The van der Waals surface area contributed by atoms with Crippen LogP contribution in [0, 0.1) is 0 Å². The number of nitrogens with one attached hydrogen (secondary N) is 2. The van der Waals surface area contributed by atoms with Gasteiger partial charge in [-0.15, -0.1) is 11.3 Å². The lowest BCUT2D eigenvalue weighted by molar-refractivity contribution is -0.119. The molecule has 18 heavy (non-hydrogen) atoms. The highest BCUT2D eigenvalue weighted by molar-refractivity contribution is 7.14. The predicted octanol–water partition coefficient (Wildman–Crippen LogP) is 1.01. The predicted molar refractivity (Wildman–Crippen MR) is 67.7 cm³/mol. The summed E-state index contributed by atoms with van der Waals surface area (Å²) in [7, 11) is 0. The van der Waals surface area contributed by atoms with Crippen LogP contribution in [0.15, 0.2) is 5.51 Å². The van der Waals surface area contributed by atoms with E-state index in [2.05, 4.69) is 15.6 Å². The first-order valence-electron chi connectivity index (χ1n) is 5.84. The molecule has 0 bridgehead atoms. The number of aromatic nitrogens is 1. The first-order valence-corrected chi connectivity index (χ1v) is 6.72. The number of thiazole rings is 1. The van der Waals surface area contributed by atoms with Gasteiger partial charge in [-0.05, 0) is 19.8 Å². The van der Waals surface area contributed by atoms with Gasteiger partial charge in [-0.1, -0.05) is 0 Å². The Morgan fingerprint density at radius 1 is 1.56 bits per heavy atom. The van der Waals surface area contributed by atoms with Gasteiger partial charge in [0.1, 0.15) is 5.00 Å². The topological polar surface area (TPSA) is 80.3 Å². The van der Waals surface area contributed by atoms with E-state index < -0.39 is 5.97 Å². The number of anilines is 1. The van der Waals surface area contributed by atoms with Gasteiger partial charge in [-0.3, -0.25) is 4.79 Å². The fraction of sp³-hybridized carbons (Fsp3) is 0.545. The highest BCUT2D eigenvalue weighted by atomic mass is 32.1. The van der Waals surface area contributed by atoms with E-state index in [4.69, 9.17) is 4.74 Å². The van der Waals surface area contributed by atoms with Gasteiger partial charge in [0.25, 0.3) is 0 Å². The van der Waals surface area contributed by atoms with Crippen LogP contribution in [0.5, 0.6) is 0 Å². The van der Waals surface area contributed by atoms with Gasteiger partial charge >= 0.3 is 5.97 Å². The second kappa shape index (κ2) is 5.81. The van der Waals surface area contributed by atoms with Crippen LogP contribution < -0.4 is 10.6 Å². The van der Waals surface area contributed by atoms with E-state index in [0.29, 0.717) is 17.6 Å². The highest BCUT2D eigenvalue weighted by Crippen LogP contribution is 2.21. The molecule has 1 heterocycles. The molecule has 1 aliphatic rings. The molecule has 2 N–H and O–H groups in total. The van der Waals surface area contributed by atoms with Crippen molar-refractivity contribution in [1.29, 1.82) is 0 Å². The number of esters is 1. The number of hydrogen-bond acceptors (Lipinski definition) is 6. The molecule has 0 aromatic carbocycles.